The van der Waals surface area contributed by atoms with Gasteiger partial charge in [-0.25, -0.2) is 0 Å². The Morgan fingerprint density at radius 2 is 2.23 bits per heavy atom. The molecule has 4 nitrogen and oxygen atoms in total. The molecule has 4 heteroatoms. The lowest BCUT2D eigenvalue weighted by atomic mass is 9.96. The van der Waals surface area contributed by atoms with Crippen molar-refractivity contribution in [2.45, 2.75) is 31.7 Å². The van der Waals surface area contributed by atoms with Crippen LogP contribution in [0.2, 0.25) is 0 Å². The van der Waals surface area contributed by atoms with Crippen molar-refractivity contribution >= 4 is 0 Å². The molecular weight excluding hydrogens is 324 g/mol. The molecule has 0 bridgehead atoms. The van der Waals surface area contributed by atoms with Gasteiger partial charge in [-0.3, -0.25) is 9.88 Å². The minimum atomic E-state index is 0.449. The van der Waals surface area contributed by atoms with E-state index in [1.165, 1.54) is 24.8 Å². The maximum absolute atomic E-state index is 6.12. The Balaban J connectivity index is 1.62. The highest BCUT2D eigenvalue weighted by Crippen LogP contribution is 2.30. The Morgan fingerprint density at radius 3 is 3.00 bits per heavy atom. The molecule has 1 aromatic heterocycles. The maximum atomic E-state index is 6.12. The summed E-state index contributed by atoms with van der Waals surface area (Å²) < 4.78 is 11.4. The fraction of sp³-hybridized carbons (Fsp3) is 0.409. The number of allylic oxidation sites excluding steroid dienone is 1. The first-order valence-corrected chi connectivity index (χ1v) is 9.36. The van der Waals surface area contributed by atoms with E-state index in [4.69, 9.17) is 9.47 Å². The van der Waals surface area contributed by atoms with Crippen LogP contribution < -0.4 is 9.47 Å². The number of rotatable bonds is 8. The van der Waals surface area contributed by atoms with Crippen molar-refractivity contribution in [1.82, 2.24) is 9.88 Å². The van der Waals surface area contributed by atoms with Crippen molar-refractivity contribution < 1.29 is 9.47 Å². The second-order valence-corrected chi connectivity index (χ2v) is 6.65. The molecule has 0 N–H and O–H groups in total. The lowest BCUT2D eigenvalue weighted by Crippen LogP contribution is -2.36. The number of nitrogens with zero attached hydrogens (tertiary/aromatic N) is 2. The van der Waals surface area contributed by atoms with E-state index < -0.39 is 0 Å². The first-order chi connectivity index (χ1) is 12.8. The van der Waals surface area contributed by atoms with Gasteiger partial charge >= 0.3 is 0 Å². The monoisotopic (exact) mass is 352 g/mol. The molecule has 2 heterocycles. The smallest absolute Gasteiger partial charge is 0.123 e. The van der Waals surface area contributed by atoms with Crippen LogP contribution in [0, 0.1) is 0 Å². The number of hydrogen-bond donors (Lipinski definition) is 0. The van der Waals surface area contributed by atoms with Gasteiger partial charge in [-0.05, 0) is 55.6 Å². The summed E-state index contributed by atoms with van der Waals surface area (Å²) >= 11 is 0. The predicted octanol–water partition coefficient (Wildman–Crippen LogP) is 4.42. The summed E-state index contributed by atoms with van der Waals surface area (Å²) in [6.45, 7) is 6.55. The van der Waals surface area contributed by atoms with E-state index >= 15 is 0 Å². The van der Waals surface area contributed by atoms with Crippen LogP contribution in [0.3, 0.4) is 0 Å². The highest BCUT2D eigenvalue weighted by Gasteiger charge is 2.23. The summed E-state index contributed by atoms with van der Waals surface area (Å²) in [7, 11) is 1.68. The van der Waals surface area contributed by atoms with E-state index in [1.54, 1.807) is 7.11 Å². The van der Waals surface area contributed by atoms with Crippen molar-refractivity contribution in [3.63, 3.8) is 0 Å². The average molecular weight is 352 g/mol. The van der Waals surface area contributed by atoms with Crippen LogP contribution in [0.1, 0.15) is 36.4 Å². The Morgan fingerprint density at radius 1 is 1.31 bits per heavy atom. The van der Waals surface area contributed by atoms with Crippen molar-refractivity contribution in [3.05, 3.63) is 66.5 Å². The number of aromatic nitrogens is 1. The quantitative estimate of drug-likeness (QED) is 0.659. The van der Waals surface area contributed by atoms with Crippen LogP contribution >= 0.6 is 0 Å². The lowest BCUT2D eigenvalue weighted by Gasteiger charge is -2.35. The van der Waals surface area contributed by atoms with Gasteiger partial charge in [-0.15, -0.1) is 6.58 Å². The molecule has 2 aromatic rings. The number of ether oxygens (including phenoxy) is 2. The number of benzene rings is 1. The zero-order valence-electron chi connectivity index (χ0n) is 15.6. The zero-order valence-corrected chi connectivity index (χ0v) is 15.6. The molecule has 26 heavy (non-hydrogen) atoms. The molecule has 1 aliphatic heterocycles. The predicted molar refractivity (Wildman–Crippen MR) is 105 cm³/mol. The molecule has 0 saturated carbocycles. The molecule has 1 aliphatic rings. The first kappa shape index (κ1) is 18.5. The summed E-state index contributed by atoms with van der Waals surface area (Å²) in [5, 5.41) is 0. The van der Waals surface area contributed by atoms with E-state index in [0.29, 0.717) is 12.6 Å². The van der Waals surface area contributed by atoms with E-state index in [-0.39, 0.29) is 0 Å². The number of hydrogen-bond acceptors (Lipinski definition) is 4. The van der Waals surface area contributed by atoms with Gasteiger partial charge in [-0.1, -0.05) is 18.6 Å². The highest BCUT2D eigenvalue weighted by molar-refractivity contribution is 5.41. The van der Waals surface area contributed by atoms with Crippen LogP contribution in [0.25, 0.3) is 0 Å². The van der Waals surface area contributed by atoms with Gasteiger partial charge in [0.1, 0.15) is 18.1 Å². The van der Waals surface area contributed by atoms with E-state index in [1.807, 2.05) is 42.7 Å². The van der Waals surface area contributed by atoms with Crippen LogP contribution in [0.4, 0.5) is 0 Å². The van der Waals surface area contributed by atoms with Crippen LogP contribution in [0.15, 0.2) is 55.4 Å². The van der Waals surface area contributed by atoms with Gasteiger partial charge in [0.05, 0.1) is 7.11 Å². The van der Waals surface area contributed by atoms with Crippen LogP contribution in [-0.4, -0.2) is 36.7 Å². The number of methoxy groups -OCH3 is 1. The third-order valence-corrected chi connectivity index (χ3v) is 4.95. The topological polar surface area (TPSA) is 34.6 Å². The molecular formula is C22H28N2O2. The largest absolute Gasteiger partial charge is 0.497 e. The molecule has 0 unspecified atom stereocenters. The molecule has 1 aromatic carbocycles. The van der Waals surface area contributed by atoms with Crippen molar-refractivity contribution in [3.8, 4) is 11.5 Å². The van der Waals surface area contributed by atoms with Crippen LogP contribution in [0.5, 0.6) is 11.5 Å². The molecule has 1 atom stereocenters. The molecule has 3 rings (SSSR count). The van der Waals surface area contributed by atoms with Crippen molar-refractivity contribution in [1.29, 1.82) is 0 Å². The molecule has 0 amide bonds. The number of pyridine rings is 1. The summed E-state index contributed by atoms with van der Waals surface area (Å²) in [4.78, 5) is 6.82. The Kier molecular flexibility index (Phi) is 6.67. The second-order valence-electron chi connectivity index (χ2n) is 6.65. The zero-order chi connectivity index (χ0) is 18.2. The van der Waals surface area contributed by atoms with Gasteiger partial charge in [0, 0.05) is 30.5 Å². The van der Waals surface area contributed by atoms with Crippen LogP contribution in [-0.2, 0) is 6.42 Å². The Hall–Kier alpha value is -2.33. The Bertz CT molecular complexity index is 703. The summed E-state index contributed by atoms with van der Waals surface area (Å²) in [5.74, 6) is 1.77. The minimum Gasteiger partial charge on any atom is -0.497 e. The molecule has 0 spiro atoms. The summed E-state index contributed by atoms with van der Waals surface area (Å²) in [6.07, 6.45) is 10.2. The normalized spacial score (nSPS) is 17.7. The molecule has 138 valence electrons. The van der Waals surface area contributed by atoms with Gasteiger partial charge in [0.25, 0.3) is 0 Å². The fourth-order valence-electron chi connectivity index (χ4n) is 3.62. The van der Waals surface area contributed by atoms with Crippen molar-refractivity contribution in [2.75, 3.05) is 26.8 Å². The number of piperidine rings is 1. The summed E-state index contributed by atoms with van der Waals surface area (Å²) in [6, 6.07) is 10.6. The van der Waals surface area contributed by atoms with Gasteiger partial charge in [-0.2, -0.15) is 0 Å². The SMILES string of the molecule is C=CCc1cc(OC)ccc1OCCN1CCCC[C@@H]1c1cccnc1. The molecule has 0 aliphatic carbocycles. The minimum absolute atomic E-state index is 0.449. The average Bonchev–Trinajstić information content (AvgIpc) is 2.70. The second kappa shape index (κ2) is 9.39. The Labute approximate surface area is 156 Å². The first-order valence-electron chi connectivity index (χ1n) is 9.36. The third kappa shape index (κ3) is 4.64. The maximum Gasteiger partial charge on any atom is 0.123 e. The lowest BCUT2D eigenvalue weighted by molar-refractivity contribution is 0.123. The van der Waals surface area contributed by atoms with Gasteiger partial charge < -0.3 is 9.47 Å². The highest BCUT2D eigenvalue weighted by atomic mass is 16.5. The van der Waals surface area contributed by atoms with E-state index in [9.17, 15) is 0 Å². The van der Waals surface area contributed by atoms with Gasteiger partial charge in [0.15, 0.2) is 0 Å². The molecule has 0 radical (unpaired) electrons. The third-order valence-electron chi connectivity index (χ3n) is 4.95. The van der Waals surface area contributed by atoms with E-state index in [2.05, 4.69) is 22.5 Å². The number of likely N-dealkylation sites (tertiary alicyclic amines) is 1. The molecule has 1 saturated heterocycles. The fourth-order valence-corrected chi connectivity index (χ4v) is 3.62. The summed E-state index contributed by atoms with van der Waals surface area (Å²) in [5.41, 5.74) is 2.42. The van der Waals surface area contributed by atoms with Gasteiger partial charge in [0.2, 0.25) is 0 Å². The standard InChI is InChI=1S/C22H28N2O2/c1-3-7-18-16-20(25-2)10-11-22(18)26-15-14-24-13-5-4-9-21(24)19-8-6-12-23-17-19/h3,6,8,10-12,16-17,21H,1,4-5,7,9,13-15H2,2H3/t21-/m1/s1. The van der Waals surface area contributed by atoms with Crippen molar-refractivity contribution in [2.24, 2.45) is 0 Å². The molecule has 1 fully saturated rings. The van der Waals surface area contributed by atoms with E-state index in [0.717, 1.165) is 36.6 Å².